The molecule has 4 aliphatic carbocycles. The van der Waals surface area contributed by atoms with Crippen LogP contribution in [0.1, 0.15) is 99.3 Å². The second-order valence-electron chi connectivity index (χ2n) is 12.8. The van der Waals surface area contributed by atoms with Crippen LogP contribution >= 0.6 is 0 Å². The van der Waals surface area contributed by atoms with Crippen LogP contribution in [0.2, 0.25) is 0 Å². The Morgan fingerprint density at radius 3 is 2.27 bits per heavy atom. The van der Waals surface area contributed by atoms with E-state index in [9.17, 15) is 14.4 Å². The van der Waals surface area contributed by atoms with Crippen LogP contribution < -0.4 is 0 Å². The van der Waals surface area contributed by atoms with E-state index in [1.165, 1.54) is 19.3 Å². The van der Waals surface area contributed by atoms with Crippen molar-refractivity contribution in [2.24, 2.45) is 34.5 Å². The number of carbonyl (C=O) groups excluding carboxylic acids is 3. The Hall–Kier alpha value is -1.59. The van der Waals surface area contributed by atoms with Crippen LogP contribution in [-0.2, 0) is 28.6 Å². The van der Waals surface area contributed by atoms with Crippen molar-refractivity contribution in [1.29, 1.82) is 0 Å². The fraction of sp³-hybridized carbons (Fsp3) is 0.889. The molecule has 0 spiro atoms. The third-order valence-corrected chi connectivity index (χ3v) is 9.45. The van der Waals surface area contributed by atoms with Gasteiger partial charge in [0.1, 0.15) is 11.2 Å². The maximum atomic E-state index is 13.7. The van der Waals surface area contributed by atoms with Crippen molar-refractivity contribution in [3.05, 3.63) is 0 Å². The molecular formula is C27H42O6. The van der Waals surface area contributed by atoms with Gasteiger partial charge in [-0.25, -0.2) is 0 Å². The number of ether oxygens (including phenoxy) is 3. The van der Waals surface area contributed by atoms with Crippen molar-refractivity contribution in [3.8, 4) is 0 Å². The highest BCUT2D eigenvalue weighted by Crippen LogP contribution is 2.60. The van der Waals surface area contributed by atoms with Crippen molar-refractivity contribution >= 4 is 17.9 Å². The van der Waals surface area contributed by atoms with Gasteiger partial charge in [-0.05, 0) is 96.3 Å². The van der Waals surface area contributed by atoms with Crippen molar-refractivity contribution < 1.29 is 28.6 Å². The highest BCUT2D eigenvalue weighted by atomic mass is 16.6. The first kappa shape index (κ1) is 24.5. The average molecular weight is 463 g/mol. The Labute approximate surface area is 198 Å². The molecule has 5 fully saturated rings. The second kappa shape index (κ2) is 8.27. The molecule has 0 amide bonds. The summed E-state index contributed by atoms with van der Waals surface area (Å²) >= 11 is 0. The van der Waals surface area contributed by atoms with E-state index < -0.39 is 16.4 Å². The molecule has 5 aliphatic rings. The zero-order chi connectivity index (χ0) is 24.2. The number of cyclic esters (lactones) is 1. The minimum absolute atomic E-state index is 0.0613. The van der Waals surface area contributed by atoms with E-state index in [-0.39, 0.29) is 36.5 Å². The summed E-state index contributed by atoms with van der Waals surface area (Å²) in [6, 6.07) is 0. The predicted molar refractivity (Wildman–Crippen MR) is 123 cm³/mol. The van der Waals surface area contributed by atoms with Crippen molar-refractivity contribution in [1.82, 2.24) is 0 Å². The minimum atomic E-state index is -0.888. The lowest BCUT2D eigenvalue weighted by molar-refractivity contribution is -0.215. The molecule has 0 aromatic rings. The van der Waals surface area contributed by atoms with Crippen LogP contribution in [0.25, 0.3) is 0 Å². The van der Waals surface area contributed by atoms with Gasteiger partial charge in [-0.15, -0.1) is 0 Å². The highest BCUT2D eigenvalue weighted by Gasteiger charge is 2.59. The number of hydrogen-bond acceptors (Lipinski definition) is 6. The van der Waals surface area contributed by atoms with E-state index in [0.29, 0.717) is 42.9 Å². The third kappa shape index (κ3) is 4.55. The van der Waals surface area contributed by atoms with Crippen LogP contribution in [0.4, 0.5) is 0 Å². The molecule has 1 heterocycles. The van der Waals surface area contributed by atoms with Crippen molar-refractivity contribution in [2.75, 3.05) is 6.61 Å². The predicted octanol–water partition coefficient (Wildman–Crippen LogP) is 5.22. The standard InChI is InChI=1S/C27H42O6/c1-7-25(5,16-24(3,4)22(29)32-26(6)8-9-31-21(28)15-26)23(30)33-27-13-18-10-19(14-27)12-20(11-18)17(27)2/h17-20H,7-16H2,1-6H3. The second-order valence-corrected chi connectivity index (χ2v) is 12.8. The molecule has 0 N–H and O–H groups in total. The lowest BCUT2D eigenvalue weighted by Gasteiger charge is -2.60. The minimum Gasteiger partial charge on any atom is -0.465 e. The molecule has 5 rings (SSSR count). The first-order chi connectivity index (χ1) is 15.3. The monoisotopic (exact) mass is 462 g/mol. The number of esters is 3. The van der Waals surface area contributed by atoms with Gasteiger partial charge in [-0.1, -0.05) is 13.8 Å². The van der Waals surface area contributed by atoms with Crippen LogP contribution in [0.3, 0.4) is 0 Å². The molecule has 33 heavy (non-hydrogen) atoms. The quantitative estimate of drug-likeness (QED) is 0.381. The molecular weight excluding hydrogens is 420 g/mol. The fourth-order valence-electron chi connectivity index (χ4n) is 7.37. The Balaban J connectivity index is 1.45. The highest BCUT2D eigenvalue weighted by molar-refractivity contribution is 5.81. The molecule has 5 unspecified atom stereocenters. The molecule has 6 heteroatoms. The SMILES string of the molecule is CCC(C)(CC(C)(C)C(=O)OC1(C)CCOC(=O)C1)C(=O)OC12CC3CC(CC(C3)C1C)C2. The normalized spacial score (nSPS) is 39.5. The van der Waals surface area contributed by atoms with E-state index in [4.69, 9.17) is 14.2 Å². The summed E-state index contributed by atoms with van der Waals surface area (Å²) in [5.41, 5.74) is -2.86. The molecule has 4 bridgehead atoms. The van der Waals surface area contributed by atoms with Gasteiger partial charge in [0.2, 0.25) is 0 Å². The lowest BCUT2D eigenvalue weighted by atomic mass is 9.50. The zero-order valence-electron chi connectivity index (χ0n) is 21.3. The molecule has 5 atom stereocenters. The molecule has 4 saturated carbocycles. The maximum Gasteiger partial charge on any atom is 0.312 e. The van der Waals surface area contributed by atoms with Gasteiger partial charge in [0.05, 0.1) is 23.9 Å². The van der Waals surface area contributed by atoms with E-state index in [1.54, 1.807) is 6.92 Å². The molecule has 0 aromatic carbocycles. The average Bonchev–Trinajstić information content (AvgIpc) is 2.70. The van der Waals surface area contributed by atoms with Crippen LogP contribution in [0.5, 0.6) is 0 Å². The van der Waals surface area contributed by atoms with Crippen LogP contribution in [-0.4, -0.2) is 35.7 Å². The first-order valence-corrected chi connectivity index (χ1v) is 12.9. The zero-order valence-corrected chi connectivity index (χ0v) is 21.3. The van der Waals surface area contributed by atoms with Gasteiger partial charge in [0.15, 0.2) is 0 Å². The Morgan fingerprint density at radius 2 is 1.70 bits per heavy atom. The fourth-order valence-corrected chi connectivity index (χ4v) is 7.37. The van der Waals surface area contributed by atoms with Gasteiger partial charge in [0, 0.05) is 6.42 Å². The van der Waals surface area contributed by atoms with Gasteiger partial charge in [-0.3, -0.25) is 14.4 Å². The summed E-state index contributed by atoms with van der Waals surface area (Å²) in [6.07, 6.45) is 7.32. The smallest absolute Gasteiger partial charge is 0.312 e. The summed E-state index contributed by atoms with van der Waals surface area (Å²) in [4.78, 5) is 38.6. The number of hydrogen-bond donors (Lipinski definition) is 0. The number of rotatable bonds is 7. The van der Waals surface area contributed by atoms with E-state index in [2.05, 4.69) is 6.92 Å². The van der Waals surface area contributed by atoms with Crippen molar-refractivity contribution in [2.45, 2.75) is 111 Å². The first-order valence-electron chi connectivity index (χ1n) is 12.9. The summed E-state index contributed by atoms with van der Waals surface area (Å²) in [6.45, 7) is 11.9. The topological polar surface area (TPSA) is 78.9 Å². The molecule has 6 nitrogen and oxygen atoms in total. The summed E-state index contributed by atoms with van der Waals surface area (Å²) in [5.74, 6) is 1.55. The summed E-state index contributed by atoms with van der Waals surface area (Å²) in [5, 5.41) is 0. The summed E-state index contributed by atoms with van der Waals surface area (Å²) < 4.78 is 17.3. The van der Waals surface area contributed by atoms with Gasteiger partial charge in [0.25, 0.3) is 0 Å². The van der Waals surface area contributed by atoms with E-state index in [0.717, 1.165) is 12.8 Å². The van der Waals surface area contributed by atoms with E-state index >= 15 is 0 Å². The van der Waals surface area contributed by atoms with Gasteiger partial charge in [-0.2, -0.15) is 0 Å². The number of carbonyl (C=O) groups is 3. The third-order valence-electron chi connectivity index (χ3n) is 9.45. The molecule has 1 aliphatic heterocycles. The Bertz CT molecular complexity index is 803. The lowest BCUT2D eigenvalue weighted by Crippen LogP contribution is -2.59. The van der Waals surface area contributed by atoms with Crippen LogP contribution in [0.15, 0.2) is 0 Å². The van der Waals surface area contributed by atoms with Gasteiger partial charge < -0.3 is 14.2 Å². The Kier molecular flexibility index (Phi) is 6.14. The largest absolute Gasteiger partial charge is 0.465 e. The molecule has 0 aromatic heterocycles. The summed E-state index contributed by atoms with van der Waals surface area (Å²) in [7, 11) is 0. The molecule has 1 saturated heterocycles. The Morgan fingerprint density at radius 1 is 1.06 bits per heavy atom. The van der Waals surface area contributed by atoms with Crippen LogP contribution in [0, 0.1) is 34.5 Å². The maximum absolute atomic E-state index is 13.7. The van der Waals surface area contributed by atoms with Gasteiger partial charge >= 0.3 is 17.9 Å². The molecule has 186 valence electrons. The van der Waals surface area contributed by atoms with Crippen molar-refractivity contribution in [3.63, 3.8) is 0 Å². The molecule has 0 radical (unpaired) electrons. The van der Waals surface area contributed by atoms with E-state index in [1.807, 2.05) is 27.7 Å².